The van der Waals surface area contributed by atoms with E-state index in [1.165, 1.54) is 12.1 Å². The molecule has 0 aliphatic heterocycles. The van der Waals surface area contributed by atoms with Gasteiger partial charge in [0.15, 0.2) is 11.5 Å². The van der Waals surface area contributed by atoms with Crippen molar-refractivity contribution in [1.82, 2.24) is 0 Å². The van der Waals surface area contributed by atoms with Crippen molar-refractivity contribution < 1.29 is 13.9 Å². The minimum Gasteiger partial charge on any atom is -0.488 e. The zero-order valence-electron chi connectivity index (χ0n) is 14.2. The molecule has 136 valence electrons. The Morgan fingerprint density at radius 1 is 0.769 bits per heavy atom. The van der Waals surface area contributed by atoms with Gasteiger partial charge in [-0.25, -0.2) is 4.39 Å². The Labute approximate surface area is 159 Å². The molecule has 0 aromatic heterocycles. The average Bonchev–Trinajstić information content (AvgIpc) is 2.66. The first-order valence-corrected chi connectivity index (χ1v) is 8.16. The second-order valence-electron chi connectivity index (χ2n) is 5.58. The Bertz CT molecular complexity index is 810. The van der Waals surface area contributed by atoms with Gasteiger partial charge in [-0.05, 0) is 41.0 Å². The minimum absolute atomic E-state index is 0. The van der Waals surface area contributed by atoms with E-state index in [4.69, 9.17) is 15.2 Å². The molecule has 2 N–H and O–H groups in total. The van der Waals surface area contributed by atoms with Gasteiger partial charge >= 0.3 is 0 Å². The number of hydrogen-bond donors (Lipinski definition) is 1. The van der Waals surface area contributed by atoms with Gasteiger partial charge in [-0.15, -0.1) is 12.4 Å². The van der Waals surface area contributed by atoms with Crippen LogP contribution in [0.3, 0.4) is 0 Å². The maximum absolute atomic E-state index is 13.1. The lowest BCUT2D eigenvalue weighted by Gasteiger charge is -2.14. The van der Waals surface area contributed by atoms with E-state index in [-0.39, 0.29) is 18.2 Å². The second-order valence-corrected chi connectivity index (χ2v) is 5.58. The maximum atomic E-state index is 13.1. The third-order valence-corrected chi connectivity index (χ3v) is 3.73. The Morgan fingerprint density at radius 2 is 1.46 bits per heavy atom. The number of hydrogen-bond acceptors (Lipinski definition) is 3. The largest absolute Gasteiger partial charge is 0.488 e. The molecule has 3 nitrogen and oxygen atoms in total. The molecule has 0 fully saturated rings. The summed E-state index contributed by atoms with van der Waals surface area (Å²) in [6, 6.07) is 22.0. The van der Waals surface area contributed by atoms with Crippen LogP contribution in [0.15, 0.2) is 72.8 Å². The van der Waals surface area contributed by atoms with Gasteiger partial charge < -0.3 is 15.2 Å². The number of benzene rings is 3. The molecule has 3 rings (SSSR count). The van der Waals surface area contributed by atoms with Crippen LogP contribution in [-0.2, 0) is 6.61 Å². The van der Waals surface area contributed by atoms with Crippen LogP contribution in [-0.4, -0.2) is 13.2 Å². The van der Waals surface area contributed by atoms with E-state index < -0.39 is 0 Å². The molecular weight excluding hydrogens is 353 g/mol. The monoisotopic (exact) mass is 373 g/mol. The van der Waals surface area contributed by atoms with Crippen molar-refractivity contribution in [2.75, 3.05) is 13.2 Å². The van der Waals surface area contributed by atoms with E-state index in [0.29, 0.717) is 31.3 Å². The average molecular weight is 374 g/mol. The molecule has 0 aliphatic rings. The predicted molar refractivity (Wildman–Crippen MR) is 104 cm³/mol. The van der Waals surface area contributed by atoms with Crippen LogP contribution in [0.1, 0.15) is 5.56 Å². The number of nitrogens with two attached hydrogens (primary N) is 1. The second kappa shape index (κ2) is 9.80. The van der Waals surface area contributed by atoms with E-state index in [2.05, 4.69) is 0 Å². The highest BCUT2D eigenvalue weighted by atomic mass is 35.5. The quantitative estimate of drug-likeness (QED) is 0.645. The fourth-order valence-corrected chi connectivity index (χ4v) is 2.47. The summed E-state index contributed by atoms with van der Waals surface area (Å²) < 4.78 is 24.8. The van der Waals surface area contributed by atoms with E-state index in [9.17, 15) is 4.39 Å². The van der Waals surface area contributed by atoms with Crippen molar-refractivity contribution in [2.45, 2.75) is 6.61 Å². The number of rotatable bonds is 7. The molecule has 0 amide bonds. The van der Waals surface area contributed by atoms with Gasteiger partial charge in [0, 0.05) is 6.54 Å². The fourth-order valence-electron chi connectivity index (χ4n) is 2.47. The molecule has 0 radical (unpaired) electrons. The summed E-state index contributed by atoms with van der Waals surface area (Å²) in [6.45, 7) is 1.28. The summed E-state index contributed by atoms with van der Waals surface area (Å²) in [5, 5.41) is 0. The molecule has 0 saturated carbocycles. The molecular formula is C21H21ClFNO2. The summed E-state index contributed by atoms with van der Waals surface area (Å²) in [7, 11) is 0. The fraction of sp³-hybridized carbons (Fsp3) is 0.143. The van der Waals surface area contributed by atoms with Crippen molar-refractivity contribution in [2.24, 2.45) is 5.73 Å². The number of ether oxygens (including phenoxy) is 2. The first kappa shape index (κ1) is 19.8. The van der Waals surface area contributed by atoms with Crippen molar-refractivity contribution in [3.8, 4) is 22.6 Å². The third-order valence-electron chi connectivity index (χ3n) is 3.73. The van der Waals surface area contributed by atoms with Gasteiger partial charge in [0.25, 0.3) is 0 Å². The van der Waals surface area contributed by atoms with Crippen LogP contribution in [0.2, 0.25) is 0 Å². The molecule has 5 heteroatoms. The SMILES string of the molecule is Cl.NCCOc1ccc(-c2ccc(F)cc2)cc1OCc1ccccc1. The van der Waals surface area contributed by atoms with Gasteiger partial charge in [-0.1, -0.05) is 48.5 Å². The van der Waals surface area contributed by atoms with Crippen molar-refractivity contribution in [1.29, 1.82) is 0 Å². The molecule has 0 saturated heterocycles. The van der Waals surface area contributed by atoms with E-state index in [1.54, 1.807) is 12.1 Å². The Kier molecular flexibility index (Phi) is 7.45. The zero-order valence-corrected chi connectivity index (χ0v) is 15.0. The summed E-state index contributed by atoms with van der Waals surface area (Å²) in [4.78, 5) is 0. The normalized spacial score (nSPS) is 10.1. The topological polar surface area (TPSA) is 44.5 Å². The lowest BCUT2D eigenvalue weighted by atomic mass is 10.1. The van der Waals surface area contributed by atoms with E-state index >= 15 is 0 Å². The molecule has 26 heavy (non-hydrogen) atoms. The molecule has 0 spiro atoms. The van der Waals surface area contributed by atoms with Gasteiger partial charge in [0.1, 0.15) is 19.0 Å². The smallest absolute Gasteiger partial charge is 0.162 e. The van der Waals surface area contributed by atoms with Crippen LogP contribution in [0, 0.1) is 5.82 Å². The van der Waals surface area contributed by atoms with Crippen LogP contribution < -0.4 is 15.2 Å². The minimum atomic E-state index is -0.257. The molecule has 0 bridgehead atoms. The van der Waals surface area contributed by atoms with Crippen LogP contribution in [0.4, 0.5) is 4.39 Å². The molecule has 0 unspecified atom stereocenters. The van der Waals surface area contributed by atoms with Gasteiger partial charge in [-0.2, -0.15) is 0 Å². The van der Waals surface area contributed by atoms with E-state index in [1.807, 2.05) is 48.5 Å². The highest BCUT2D eigenvalue weighted by molar-refractivity contribution is 5.85. The lowest BCUT2D eigenvalue weighted by Crippen LogP contribution is -2.11. The molecule has 3 aromatic carbocycles. The van der Waals surface area contributed by atoms with E-state index in [0.717, 1.165) is 16.7 Å². The van der Waals surface area contributed by atoms with Crippen molar-refractivity contribution in [3.05, 3.63) is 84.2 Å². The zero-order chi connectivity index (χ0) is 17.5. The van der Waals surface area contributed by atoms with Crippen LogP contribution >= 0.6 is 12.4 Å². The van der Waals surface area contributed by atoms with Gasteiger partial charge in [0.2, 0.25) is 0 Å². The first-order chi connectivity index (χ1) is 12.3. The Balaban J connectivity index is 0.00000243. The van der Waals surface area contributed by atoms with Gasteiger partial charge in [-0.3, -0.25) is 0 Å². The summed E-state index contributed by atoms with van der Waals surface area (Å²) >= 11 is 0. The standard InChI is InChI=1S/C21H20FNO2.ClH/c22-19-9-6-17(7-10-19)18-8-11-20(24-13-12-23)21(14-18)25-15-16-4-2-1-3-5-16;/h1-11,14H,12-13,15,23H2;1H. The molecule has 3 aromatic rings. The summed E-state index contributed by atoms with van der Waals surface area (Å²) in [5.41, 5.74) is 8.44. The van der Waals surface area contributed by atoms with Gasteiger partial charge in [0.05, 0.1) is 0 Å². The van der Waals surface area contributed by atoms with Crippen molar-refractivity contribution in [3.63, 3.8) is 0 Å². The molecule has 0 atom stereocenters. The Morgan fingerprint density at radius 3 is 2.15 bits per heavy atom. The van der Waals surface area contributed by atoms with Crippen LogP contribution in [0.5, 0.6) is 11.5 Å². The third kappa shape index (κ3) is 5.22. The molecule has 0 heterocycles. The lowest BCUT2D eigenvalue weighted by molar-refractivity contribution is 0.266. The highest BCUT2D eigenvalue weighted by Gasteiger charge is 2.09. The highest BCUT2D eigenvalue weighted by Crippen LogP contribution is 2.33. The summed E-state index contributed by atoms with van der Waals surface area (Å²) in [5.74, 6) is 1.03. The maximum Gasteiger partial charge on any atom is 0.162 e. The predicted octanol–water partition coefficient (Wildman–Crippen LogP) is 4.83. The van der Waals surface area contributed by atoms with Crippen molar-refractivity contribution >= 4 is 12.4 Å². The molecule has 0 aliphatic carbocycles. The Hall–Kier alpha value is -2.56. The van der Waals surface area contributed by atoms with Crippen LogP contribution in [0.25, 0.3) is 11.1 Å². The summed E-state index contributed by atoms with van der Waals surface area (Å²) in [6.07, 6.45) is 0. The number of halogens is 2. The first-order valence-electron chi connectivity index (χ1n) is 8.16.